The number of hydrogen-bond donors (Lipinski definition) is 2. The van der Waals surface area contributed by atoms with Crippen molar-refractivity contribution in [2.45, 2.75) is 26.7 Å². The molecule has 0 radical (unpaired) electrons. The first kappa shape index (κ1) is 16.7. The number of thiazole rings is 1. The van der Waals surface area contributed by atoms with Gasteiger partial charge in [0, 0.05) is 11.8 Å². The molecule has 1 aromatic carbocycles. The number of pyridine rings is 1. The molecule has 0 saturated heterocycles. The topological polar surface area (TPSA) is 91.9 Å². The minimum absolute atomic E-state index is 0.0633. The van der Waals surface area contributed by atoms with E-state index in [1.54, 1.807) is 24.3 Å². The summed E-state index contributed by atoms with van der Waals surface area (Å²) in [6.07, 6.45) is 1.18. The molecule has 0 saturated carbocycles. The number of carbonyl (C=O) groups is 2. The monoisotopic (exact) mass is 367 g/mol. The number of nitrogens with zero attached hydrogens (tertiary/aromatic N) is 1. The first-order valence-corrected chi connectivity index (χ1v) is 9.10. The van der Waals surface area contributed by atoms with E-state index in [-0.39, 0.29) is 22.5 Å². The molecule has 1 aliphatic rings. The molecule has 0 atom stereocenters. The third kappa shape index (κ3) is 2.94. The quantitative estimate of drug-likeness (QED) is 0.726. The maximum Gasteiger partial charge on any atom is 0.273 e. The number of aromatic amines is 1. The van der Waals surface area contributed by atoms with Crippen LogP contribution in [-0.2, 0) is 6.42 Å². The highest BCUT2D eigenvalue weighted by Crippen LogP contribution is 2.38. The summed E-state index contributed by atoms with van der Waals surface area (Å²) in [7, 11) is 0. The van der Waals surface area contributed by atoms with Crippen molar-refractivity contribution in [1.82, 2.24) is 9.97 Å². The Balaban J connectivity index is 1.64. The Morgan fingerprint density at radius 2 is 2.00 bits per heavy atom. The molecular weight excluding hydrogens is 350 g/mol. The Morgan fingerprint density at radius 3 is 2.81 bits per heavy atom. The highest BCUT2D eigenvalue weighted by Gasteiger charge is 2.34. The van der Waals surface area contributed by atoms with Gasteiger partial charge in [-0.25, -0.2) is 4.98 Å². The van der Waals surface area contributed by atoms with Crippen LogP contribution in [0.2, 0.25) is 0 Å². The lowest BCUT2D eigenvalue weighted by molar-refractivity contribution is 0.0915. The van der Waals surface area contributed by atoms with Crippen LogP contribution in [0.15, 0.2) is 35.1 Å². The molecule has 2 aromatic heterocycles. The number of hydrogen-bond acceptors (Lipinski definition) is 5. The number of carbonyl (C=O) groups excluding carboxylic acids is 2. The molecule has 0 bridgehead atoms. The fraction of sp³-hybridized carbons (Fsp3) is 0.263. The van der Waals surface area contributed by atoms with Crippen LogP contribution in [0.4, 0.5) is 5.13 Å². The highest BCUT2D eigenvalue weighted by molar-refractivity contribution is 7.17. The van der Waals surface area contributed by atoms with Crippen LogP contribution in [0.1, 0.15) is 46.1 Å². The summed E-state index contributed by atoms with van der Waals surface area (Å²) >= 11 is 1.19. The van der Waals surface area contributed by atoms with Gasteiger partial charge in [0.15, 0.2) is 10.9 Å². The molecule has 3 aromatic rings. The van der Waals surface area contributed by atoms with Gasteiger partial charge in [0.2, 0.25) is 0 Å². The number of Topliss-reactive ketones (excluding diaryl/α,β-unsaturated/α-hetero) is 1. The molecule has 1 aliphatic carbocycles. The fourth-order valence-electron chi connectivity index (χ4n) is 3.27. The van der Waals surface area contributed by atoms with Crippen molar-refractivity contribution >= 4 is 38.9 Å². The summed E-state index contributed by atoms with van der Waals surface area (Å²) < 4.78 is 0. The number of aromatic nitrogens is 2. The molecule has 26 heavy (non-hydrogen) atoms. The predicted molar refractivity (Wildman–Crippen MR) is 101 cm³/mol. The zero-order valence-corrected chi connectivity index (χ0v) is 15.2. The van der Waals surface area contributed by atoms with Crippen molar-refractivity contribution in [2.24, 2.45) is 5.41 Å². The molecule has 6 nitrogen and oxygen atoms in total. The van der Waals surface area contributed by atoms with E-state index in [0.29, 0.717) is 33.6 Å². The number of fused-ring (bicyclic) bond motifs is 2. The lowest BCUT2D eigenvalue weighted by Gasteiger charge is -2.26. The van der Waals surface area contributed by atoms with Gasteiger partial charge in [-0.05, 0) is 29.4 Å². The van der Waals surface area contributed by atoms with Crippen LogP contribution in [-0.4, -0.2) is 21.7 Å². The van der Waals surface area contributed by atoms with Crippen LogP contribution in [0.25, 0.3) is 10.8 Å². The van der Waals surface area contributed by atoms with Crippen LogP contribution in [0.3, 0.4) is 0 Å². The summed E-state index contributed by atoms with van der Waals surface area (Å²) in [4.78, 5) is 44.6. The van der Waals surface area contributed by atoms with Gasteiger partial charge in [-0.15, -0.1) is 0 Å². The van der Waals surface area contributed by atoms with Crippen LogP contribution < -0.4 is 10.9 Å². The zero-order chi connectivity index (χ0) is 18.5. The van der Waals surface area contributed by atoms with E-state index in [2.05, 4.69) is 15.3 Å². The summed E-state index contributed by atoms with van der Waals surface area (Å²) in [5.41, 5.74) is 0.457. The SMILES string of the molecule is CC1(C)CC(=O)c2sc(NC(=O)c3cc4ccccc4c(=O)[nH]3)nc2C1. The molecule has 4 rings (SSSR count). The first-order valence-electron chi connectivity index (χ1n) is 8.29. The molecular formula is C19H17N3O3S. The van der Waals surface area contributed by atoms with Crippen molar-refractivity contribution in [2.75, 3.05) is 5.32 Å². The second-order valence-corrected chi connectivity index (χ2v) is 8.29. The molecule has 2 heterocycles. The van der Waals surface area contributed by atoms with Crippen molar-refractivity contribution in [3.63, 3.8) is 0 Å². The van der Waals surface area contributed by atoms with E-state index in [1.165, 1.54) is 11.3 Å². The first-order chi connectivity index (χ1) is 12.3. The number of amides is 1. The highest BCUT2D eigenvalue weighted by atomic mass is 32.1. The van der Waals surface area contributed by atoms with E-state index in [1.807, 2.05) is 19.9 Å². The van der Waals surface area contributed by atoms with E-state index >= 15 is 0 Å². The number of ketones is 1. The largest absolute Gasteiger partial charge is 0.317 e. The number of anilines is 1. The minimum atomic E-state index is -0.453. The van der Waals surface area contributed by atoms with Crippen molar-refractivity contribution < 1.29 is 9.59 Å². The average molecular weight is 367 g/mol. The van der Waals surface area contributed by atoms with E-state index in [9.17, 15) is 14.4 Å². The molecule has 1 amide bonds. The second kappa shape index (κ2) is 5.88. The third-order valence-corrected chi connectivity index (χ3v) is 5.51. The molecule has 132 valence electrons. The summed E-state index contributed by atoms with van der Waals surface area (Å²) in [5.74, 6) is -0.390. The molecule has 2 N–H and O–H groups in total. The van der Waals surface area contributed by atoms with Crippen LogP contribution in [0.5, 0.6) is 0 Å². The minimum Gasteiger partial charge on any atom is -0.317 e. The molecule has 0 spiro atoms. The van der Waals surface area contributed by atoms with Crippen LogP contribution in [0, 0.1) is 5.41 Å². The summed E-state index contributed by atoms with van der Waals surface area (Å²) in [5, 5.41) is 4.30. The van der Waals surface area contributed by atoms with Crippen molar-refractivity contribution in [3.05, 3.63) is 57.0 Å². The van der Waals surface area contributed by atoms with Gasteiger partial charge in [-0.2, -0.15) is 0 Å². The van der Waals surface area contributed by atoms with E-state index < -0.39 is 5.91 Å². The standard InChI is InChI=1S/C19H17N3O3S/c1-19(2)8-13-15(14(23)9-19)26-18(21-13)22-17(25)12-7-10-5-3-4-6-11(10)16(24)20-12/h3-7H,8-9H2,1-2H3,(H,20,24)(H,21,22,25). The van der Waals surface area contributed by atoms with Gasteiger partial charge >= 0.3 is 0 Å². The zero-order valence-electron chi connectivity index (χ0n) is 14.4. The Bertz CT molecular complexity index is 1110. The fourth-order valence-corrected chi connectivity index (χ4v) is 4.19. The van der Waals surface area contributed by atoms with E-state index in [0.717, 1.165) is 5.69 Å². The van der Waals surface area contributed by atoms with Crippen LogP contribution >= 0.6 is 11.3 Å². The van der Waals surface area contributed by atoms with Gasteiger partial charge in [0.25, 0.3) is 11.5 Å². The maximum atomic E-state index is 12.5. The smallest absolute Gasteiger partial charge is 0.273 e. The van der Waals surface area contributed by atoms with E-state index in [4.69, 9.17) is 0 Å². The lowest BCUT2D eigenvalue weighted by atomic mass is 9.78. The van der Waals surface area contributed by atoms with Crippen molar-refractivity contribution in [3.8, 4) is 0 Å². The predicted octanol–water partition coefficient (Wildman–Crippen LogP) is 3.39. The number of nitrogens with one attached hydrogen (secondary N) is 2. The van der Waals surface area contributed by atoms with Crippen molar-refractivity contribution in [1.29, 1.82) is 0 Å². The number of rotatable bonds is 2. The molecule has 0 unspecified atom stereocenters. The van der Waals surface area contributed by atoms with Gasteiger partial charge in [0.1, 0.15) is 5.69 Å². The molecule has 0 fully saturated rings. The average Bonchev–Trinajstić information content (AvgIpc) is 2.96. The Kier molecular flexibility index (Phi) is 3.77. The second-order valence-electron chi connectivity index (χ2n) is 7.29. The normalized spacial score (nSPS) is 15.7. The molecule has 0 aliphatic heterocycles. The third-order valence-electron chi connectivity index (χ3n) is 4.45. The summed E-state index contributed by atoms with van der Waals surface area (Å²) in [6, 6.07) is 8.71. The number of H-pyrrole nitrogens is 1. The Hall–Kier alpha value is -2.80. The van der Waals surface area contributed by atoms with Gasteiger partial charge < -0.3 is 4.98 Å². The van der Waals surface area contributed by atoms with Gasteiger partial charge in [0.05, 0.1) is 10.6 Å². The molecule has 7 heteroatoms. The number of benzene rings is 1. The Labute approximate surface area is 153 Å². The lowest BCUT2D eigenvalue weighted by Crippen LogP contribution is -2.26. The Morgan fingerprint density at radius 1 is 1.23 bits per heavy atom. The van der Waals surface area contributed by atoms with Gasteiger partial charge in [-0.1, -0.05) is 43.4 Å². The summed E-state index contributed by atoms with van der Waals surface area (Å²) in [6.45, 7) is 4.07. The van der Waals surface area contributed by atoms with Gasteiger partial charge in [-0.3, -0.25) is 19.7 Å². The maximum absolute atomic E-state index is 12.5.